The lowest BCUT2D eigenvalue weighted by atomic mass is 10.0. The predicted octanol–water partition coefficient (Wildman–Crippen LogP) is 1.64. The first-order chi connectivity index (χ1) is 8.32. The summed E-state index contributed by atoms with van der Waals surface area (Å²) < 4.78 is 5.01. The molecule has 2 atom stereocenters. The lowest BCUT2D eigenvalue weighted by Gasteiger charge is -2.16. The second-order valence-corrected chi connectivity index (χ2v) is 4.66. The summed E-state index contributed by atoms with van der Waals surface area (Å²) in [6, 6.07) is 1.09. The number of amides is 1. The van der Waals surface area contributed by atoms with Gasteiger partial charge in [0.1, 0.15) is 5.76 Å². The molecule has 18 heavy (non-hydrogen) atoms. The zero-order chi connectivity index (χ0) is 13.9. The van der Waals surface area contributed by atoms with Crippen LogP contribution in [0.5, 0.6) is 0 Å². The maximum absolute atomic E-state index is 11.8. The molecule has 2 N–H and O–H groups in total. The molecule has 1 rings (SSSR count). The van der Waals surface area contributed by atoms with E-state index in [4.69, 9.17) is 9.63 Å². The van der Waals surface area contributed by atoms with Crippen molar-refractivity contribution in [2.45, 2.75) is 39.7 Å². The molecule has 0 aromatic carbocycles. The third-order valence-corrected chi connectivity index (χ3v) is 2.83. The van der Waals surface area contributed by atoms with Crippen molar-refractivity contribution >= 4 is 11.9 Å². The molecule has 6 nitrogen and oxygen atoms in total. The van der Waals surface area contributed by atoms with Gasteiger partial charge in [0.05, 0.1) is 5.92 Å². The third-order valence-electron chi connectivity index (χ3n) is 2.83. The number of rotatable bonds is 5. The summed E-state index contributed by atoms with van der Waals surface area (Å²) >= 11 is 0. The van der Waals surface area contributed by atoms with Crippen LogP contribution in [0.2, 0.25) is 0 Å². The van der Waals surface area contributed by atoms with E-state index in [1.54, 1.807) is 13.0 Å². The molecule has 0 saturated heterocycles. The predicted molar refractivity (Wildman–Crippen MR) is 64.3 cm³/mol. The molecule has 1 heterocycles. The summed E-state index contributed by atoms with van der Waals surface area (Å²) in [5.41, 5.74) is 0.170. The second-order valence-electron chi connectivity index (χ2n) is 4.66. The largest absolute Gasteiger partial charge is 0.481 e. The number of hydrogen-bond donors (Lipinski definition) is 2. The Labute approximate surface area is 105 Å². The molecule has 0 spiro atoms. The van der Waals surface area contributed by atoms with Crippen LogP contribution >= 0.6 is 0 Å². The highest BCUT2D eigenvalue weighted by molar-refractivity contribution is 5.92. The highest BCUT2D eigenvalue weighted by Crippen LogP contribution is 2.15. The minimum absolute atomic E-state index is 0.148. The highest BCUT2D eigenvalue weighted by atomic mass is 16.5. The van der Waals surface area contributed by atoms with E-state index >= 15 is 0 Å². The van der Waals surface area contributed by atoms with E-state index in [-0.39, 0.29) is 11.6 Å². The Kier molecular flexibility index (Phi) is 4.47. The van der Waals surface area contributed by atoms with Gasteiger partial charge in [0, 0.05) is 18.0 Å². The van der Waals surface area contributed by atoms with Crippen molar-refractivity contribution in [2.75, 3.05) is 0 Å². The summed E-state index contributed by atoms with van der Waals surface area (Å²) in [7, 11) is 0. The SMILES string of the molecule is CC(C)c1cc(C(=O)NC(C)C(C)C(=O)O)no1. The van der Waals surface area contributed by atoms with Crippen molar-refractivity contribution in [1.29, 1.82) is 0 Å². The fourth-order valence-electron chi connectivity index (χ4n) is 1.29. The van der Waals surface area contributed by atoms with Gasteiger partial charge in [-0.25, -0.2) is 0 Å². The number of aromatic nitrogens is 1. The molecular formula is C12H18N2O4. The van der Waals surface area contributed by atoms with Crippen molar-refractivity contribution in [3.63, 3.8) is 0 Å². The van der Waals surface area contributed by atoms with Gasteiger partial charge in [0.15, 0.2) is 5.69 Å². The van der Waals surface area contributed by atoms with Crippen LogP contribution in [0.3, 0.4) is 0 Å². The number of carbonyl (C=O) groups is 2. The Hall–Kier alpha value is -1.85. The van der Waals surface area contributed by atoms with Gasteiger partial charge >= 0.3 is 5.97 Å². The van der Waals surface area contributed by atoms with Crippen LogP contribution in [-0.2, 0) is 4.79 Å². The van der Waals surface area contributed by atoms with Gasteiger partial charge in [0.2, 0.25) is 0 Å². The van der Waals surface area contributed by atoms with Gasteiger partial charge in [-0.2, -0.15) is 0 Å². The maximum atomic E-state index is 11.8. The molecule has 1 amide bonds. The lowest BCUT2D eigenvalue weighted by molar-refractivity contribution is -0.141. The molecule has 0 saturated carbocycles. The number of carboxylic acids is 1. The smallest absolute Gasteiger partial charge is 0.308 e. The molecule has 0 radical (unpaired) electrons. The van der Waals surface area contributed by atoms with Gasteiger partial charge in [0.25, 0.3) is 5.91 Å². The molecule has 0 fully saturated rings. The molecule has 0 aliphatic carbocycles. The van der Waals surface area contributed by atoms with Crippen LogP contribution in [0.15, 0.2) is 10.6 Å². The van der Waals surface area contributed by atoms with Crippen LogP contribution in [0.4, 0.5) is 0 Å². The summed E-state index contributed by atoms with van der Waals surface area (Å²) in [6.07, 6.45) is 0. The summed E-state index contributed by atoms with van der Waals surface area (Å²) in [5.74, 6) is -1.27. The van der Waals surface area contributed by atoms with Crippen LogP contribution in [0.1, 0.15) is 49.9 Å². The van der Waals surface area contributed by atoms with Gasteiger partial charge in [-0.05, 0) is 13.8 Å². The molecule has 100 valence electrons. The Morgan fingerprint density at radius 2 is 1.94 bits per heavy atom. The highest BCUT2D eigenvalue weighted by Gasteiger charge is 2.23. The minimum Gasteiger partial charge on any atom is -0.481 e. The lowest BCUT2D eigenvalue weighted by Crippen LogP contribution is -2.40. The van der Waals surface area contributed by atoms with Crippen LogP contribution < -0.4 is 5.32 Å². The summed E-state index contributed by atoms with van der Waals surface area (Å²) in [5, 5.41) is 15.1. The maximum Gasteiger partial charge on any atom is 0.308 e. The number of hydrogen-bond acceptors (Lipinski definition) is 4. The average Bonchev–Trinajstić information content (AvgIpc) is 2.76. The fourth-order valence-corrected chi connectivity index (χ4v) is 1.29. The average molecular weight is 254 g/mol. The molecular weight excluding hydrogens is 236 g/mol. The van der Waals surface area contributed by atoms with Gasteiger partial charge < -0.3 is 14.9 Å². The molecule has 0 bridgehead atoms. The van der Waals surface area contributed by atoms with Crippen molar-refractivity contribution < 1.29 is 19.2 Å². The zero-order valence-electron chi connectivity index (χ0n) is 10.9. The number of carbonyl (C=O) groups excluding carboxylic acids is 1. The molecule has 0 aliphatic rings. The molecule has 6 heteroatoms. The van der Waals surface area contributed by atoms with E-state index in [0.29, 0.717) is 5.76 Å². The minimum atomic E-state index is -0.953. The van der Waals surface area contributed by atoms with Crippen LogP contribution in [0.25, 0.3) is 0 Å². The van der Waals surface area contributed by atoms with E-state index in [2.05, 4.69) is 10.5 Å². The normalized spacial score (nSPS) is 14.3. The molecule has 1 aromatic rings. The van der Waals surface area contributed by atoms with Gasteiger partial charge in [-0.1, -0.05) is 19.0 Å². The van der Waals surface area contributed by atoms with Crippen LogP contribution in [0, 0.1) is 5.92 Å². The number of nitrogens with one attached hydrogen (secondary N) is 1. The first kappa shape index (κ1) is 14.2. The van der Waals surface area contributed by atoms with E-state index in [1.807, 2.05) is 13.8 Å². The Bertz CT molecular complexity index is 439. The Balaban J connectivity index is 2.67. The summed E-state index contributed by atoms with van der Waals surface area (Å²) in [6.45, 7) is 7.03. The Morgan fingerprint density at radius 3 is 2.39 bits per heavy atom. The number of carboxylic acid groups (broad SMARTS) is 1. The number of nitrogens with zero attached hydrogens (tertiary/aromatic N) is 1. The molecule has 0 aliphatic heterocycles. The quantitative estimate of drug-likeness (QED) is 0.833. The van der Waals surface area contributed by atoms with Crippen molar-refractivity contribution in [3.8, 4) is 0 Å². The monoisotopic (exact) mass is 254 g/mol. The molecule has 1 aromatic heterocycles. The van der Waals surface area contributed by atoms with Crippen molar-refractivity contribution in [1.82, 2.24) is 10.5 Å². The first-order valence-corrected chi connectivity index (χ1v) is 5.83. The van der Waals surface area contributed by atoms with Crippen LogP contribution in [-0.4, -0.2) is 28.2 Å². The summed E-state index contributed by atoms with van der Waals surface area (Å²) in [4.78, 5) is 22.6. The van der Waals surface area contributed by atoms with E-state index in [1.165, 1.54) is 6.92 Å². The van der Waals surface area contributed by atoms with E-state index in [9.17, 15) is 9.59 Å². The fraction of sp³-hybridized carbons (Fsp3) is 0.583. The van der Waals surface area contributed by atoms with Gasteiger partial charge in [-0.15, -0.1) is 0 Å². The van der Waals surface area contributed by atoms with Crippen molar-refractivity contribution in [2.24, 2.45) is 5.92 Å². The van der Waals surface area contributed by atoms with E-state index < -0.39 is 23.8 Å². The third kappa shape index (κ3) is 3.32. The number of aliphatic carboxylic acids is 1. The topological polar surface area (TPSA) is 92.4 Å². The second kappa shape index (κ2) is 5.66. The first-order valence-electron chi connectivity index (χ1n) is 5.83. The van der Waals surface area contributed by atoms with Crippen molar-refractivity contribution in [3.05, 3.63) is 17.5 Å². The molecule has 2 unspecified atom stereocenters. The standard InChI is InChI=1S/C12H18N2O4/c1-6(2)10-5-9(14-18-10)11(15)13-8(4)7(3)12(16)17/h5-8H,1-4H3,(H,13,15)(H,16,17). The zero-order valence-corrected chi connectivity index (χ0v) is 10.9. The van der Waals surface area contributed by atoms with E-state index in [0.717, 1.165) is 0 Å². The van der Waals surface area contributed by atoms with Gasteiger partial charge in [-0.3, -0.25) is 9.59 Å². The Morgan fingerprint density at radius 1 is 1.33 bits per heavy atom.